The van der Waals surface area contributed by atoms with Crippen LogP contribution in [0.4, 0.5) is 14.6 Å². The van der Waals surface area contributed by atoms with Crippen molar-refractivity contribution in [1.82, 2.24) is 4.98 Å². The van der Waals surface area contributed by atoms with Gasteiger partial charge in [0.2, 0.25) is 0 Å². The quantitative estimate of drug-likeness (QED) is 0.852. The second-order valence-corrected chi connectivity index (χ2v) is 4.43. The number of halogens is 2. The zero-order valence-corrected chi connectivity index (χ0v) is 9.68. The Morgan fingerprint density at radius 2 is 2.06 bits per heavy atom. The van der Waals surface area contributed by atoms with E-state index in [4.69, 9.17) is 5.73 Å². The Balaban J connectivity index is 2.12. The van der Waals surface area contributed by atoms with Crippen LogP contribution in [0.15, 0.2) is 41.4 Å². The molecule has 0 aliphatic heterocycles. The lowest BCUT2D eigenvalue weighted by molar-refractivity contribution is 0.577. The molecule has 2 N–H and O–H groups in total. The summed E-state index contributed by atoms with van der Waals surface area (Å²) in [6, 6.07) is 6.95. The maximum absolute atomic E-state index is 13.3. The molecule has 0 atom stereocenters. The summed E-state index contributed by atoms with van der Waals surface area (Å²) in [5.74, 6) is -0.0104. The molecule has 2 nitrogen and oxygen atoms in total. The third kappa shape index (κ3) is 2.94. The predicted molar refractivity (Wildman–Crippen MR) is 64.6 cm³/mol. The average molecular weight is 252 g/mol. The van der Waals surface area contributed by atoms with Crippen molar-refractivity contribution >= 4 is 17.6 Å². The van der Waals surface area contributed by atoms with Crippen molar-refractivity contribution in [3.63, 3.8) is 0 Å². The normalized spacial score (nSPS) is 10.5. The first-order valence-corrected chi connectivity index (χ1v) is 5.92. The van der Waals surface area contributed by atoms with Crippen molar-refractivity contribution < 1.29 is 8.78 Å². The first-order valence-electron chi connectivity index (χ1n) is 4.94. The van der Waals surface area contributed by atoms with Crippen molar-refractivity contribution in [2.75, 3.05) is 5.73 Å². The summed E-state index contributed by atoms with van der Waals surface area (Å²) in [6.45, 7) is 0. The number of aromatic nitrogens is 1. The van der Waals surface area contributed by atoms with E-state index in [1.165, 1.54) is 17.8 Å². The van der Waals surface area contributed by atoms with Gasteiger partial charge in [-0.2, -0.15) is 0 Å². The number of benzene rings is 1. The second-order valence-electron chi connectivity index (χ2n) is 3.41. The van der Waals surface area contributed by atoms with Gasteiger partial charge in [0.15, 0.2) is 0 Å². The molecular weight excluding hydrogens is 242 g/mol. The standard InChI is InChI=1S/C12H10F2N2S/c13-9-3-4-10(14)11(6-9)17-7-8-2-1-5-16-12(8)15/h1-6H,7H2,(H2,15,16). The Kier molecular flexibility index (Phi) is 3.58. The van der Waals surface area contributed by atoms with Crippen LogP contribution in [0.1, 0.15) is 5.56 Å². The molecule has 0 bridgehead atoms. The van der Waals surface area contributed by atoms with Crippen LogP contribution in [0.2, 0.25) is 0 Å². The third-order valence-corrected chi connectivity index (χ3v) is 3.28. The van der Waals surface area contributed by atoms with Gasteiger partial charge in [0.05, 0.1) is 0 Å². The van der Waals surface area contributed by atoms with E-state index in [-0.39, 0.29) is 4.90 Å². The van der Waals surface area contributed by atoms with Gasteiger partial charge in [-0.3, -0.25) is 0 Å². The molecule has 2 aromatic rings. The molecule has 2 rings (SSSR count). The van der Waals surface area contributed by atoms with Crippen LogP contribution in [-0.4, -0.2) is 4.98 Å². The Labute approximate surface area is 102 Å². The summed E-state index contributed by atoms with van der Waals surface area (Å²) in [4.78, 5) is 4.20. The lowest BCUT2D eigenvalue weighted by Gasteiger charge is -2.05. The smallest absolute Gasteiger partial charge is 0.136 e. The molecule has 1 aromatic carbocycles. The first kappa shape index (κ1) is 11.9. The van der Waals surface area contributed by atoms with E-state index in [2.05, 4.69) is 4.98 Å². The number of nitrogen functional groups attached to an aromatic ring is 1. The number of anilines is 1. The third-order valence-electron chi connectivity index (χ3n) is 2.20. The SMILES string of the molecule is Nc1ncccc1CSc1cc(F)ccc1F. The Morgan fingerprint density at radius 1 is 1.24 bits per heavy atom. The topological polar surface area (TPSA) is 38.9 Å². The number of hydrogen-bond acceptors (Lipinski definition) is 3. The van der Waals surface area contributed by atoms with Crippen molar-refractivity contribution in [3.8, 4) is 0 Å². The summed E-state index contributed by atoms with van der Waals surface area (Å²) in [5, 5.41) is 0. The van der Waals surface area contributed by atoms with Crippen molar-refractivity contribution in [3.05, 3.63) is 53.7 Å². The highest BCUT2D eigenvalue weighted by molar-refractivity contribution is 7.98. The molecule has 1 aromatic heterocycles. The van der Waals surface area contributed by atoms with Crippen LogP contribution in [0, 0.1) is 11.6 Å². The molecular formula is C12H10F2N2S. The number of hydrogen-bond donors (Lipinski definition) is 1. The number of pyridine rings is 1. The molecule has 0 spiro atoms. The largest absolute Gasteiger partial charge is 0.383 e. The fourth-order valence-corrected chi connectivity index (χ4v) is 2.27. The molecule has 1 heterocycles. The van der Waals surface area contributed by atoms with Gasteiger partial charge in [-0.1, -0.05) is 6.07 Å². The summed E-state index contributed by atoms with van der Waals surface area (Å²) in [6.07, 6.45) is 1.59. The van der Waals surface area contributed by atoms with Gasteiger partial charge in [0.1, 0.15) is 17.5 Å². The number of thioether (sulfide) groups is 1. The van der Waals surface area contributed by atoms with Crippen molar-refractivity contribution in [2.24, 2.45) is 0 Å². The highest BCUT2D eigenvalue weighted by Crippen LogP contribution is 2.27. The summed E-state index contributed by atoms with van der Waals surface area (Å²) >= 11 is 1.19. The Hall–Kier alpha value is -1.62. The van der Waals surface area contributed by atoms with Crippen LogP contribution in [0.5, 0.6) is 0 Å². The second kappa shape index (κ2) is 5.14. The van der Waals surface area contributed by atoms with Crippen molar-refractivity contribution in [2.45, 2.75) is 10.6 Å². The molecule has 0 saturated carbocycles. The minimum atomic E-state index is -0.451. The molecule has 0 aliphatic carbocycles. The molecule has 0 unspecified atom stereocenters. The summed E-state index contributed by atoms with van der Waals surface area (Å²) in [5.41, 5.74) is 6.47. The molecule has 88 valence electrons. The van der Waals surface area contributed by atoms with Crippen molar-refractivity contribution in [1.29, 1.82) is 0 Å². The van der Waals surface area contributed by atoms with E-state index >= 15 is 0 Å². The Morgan fingerprint density at radius 3 is 2.82 bits per heavy atom. The molecule has 5 heteroatoms. The summed E-state index contributed by atoms with van der Waals surface area (Å²) < 4.78 is 26.3. The maximum atomic E-state index is 13.3. The van der Waals surface area contributed by atoms with E-state index < -0.39 is 11.6 Å². The molecule has 0 radical (unpaired) electrons. The zero-order valence-electron chi connectivity index (χ0n) is 8.86. The molecule has 0 fully saturated rings. The molecule has 0 amide bonds. The van der Waals surface area contributed by atoms with Gasteiger partial charge in [0, 0.05) is 22.4 Å². The highest BCUT2D eigenvalue weighted by atomic mass is 32.2. The van der Waals surface area contributed by atoms with E-state index in [0.717, 1.165) is 17.7 Å². The van der Waals surface area contributed by atoms with E-state index in [1.807, 2.05) is 6.07 Å². The monoisotopic (exact) mass is 252 g/mol. The minimum absolute atomic E-state index is 0.272. The first-order chi connectivity index (χ1) is 8.16. The van der Waals surface area contributed by atoms with Crippen LogP contribution in [0.3, 0.4) is 0 Å². The number of nitrogens with two attached hydrogens (primary N) is 1. The van der Waals surface area contributed by atoms with E-state index in [1.54, 1.807) is 12.3 Å². The van der Waals surface area contributed by atoms with Gasteiger partial charge in [-0.25, -0.2) is 13.8 Å². The van der Waals surface area contributed by atoms with Gasteiger partial charge in [-0.15, -0.1) is 11.8 Å². The van der Waals surface area contributed by atoms with Crippen LogP contribution >= 0.6 is 11.8 Å². The number of rotatable bonds is 3. The average Bonchev–Trinajstić information content (AvgIpc) is 2.32. The van der Waals surface area contributed by atoms with E-state index in [0.29, 0.717) is 11.6 Å². The van der Waals surface area contributed by atoms with Gasteiger partial charge in [0.25, 0.3) is 0 Å². The maximum Gasteiger partial charge on any atom is 0.136 e. The minimum Gasteiger partial charge on any atom is -0.383 e. The Bertz CT molecular complexity index is 532. The van der Waals surface area contributed by atoms with Crippen LogP contribution < -0.4 is 5.73 Å². The van der Waals surface area contributed by atoms with Gasteiger partial charge < -0.3 is 5.73 Å². The van der Waals surface area contributed by atoms with Crippen LogP contribution in [-0.2, 0) is 5.75 Å². The molecule has 17 heavy (non-hydrogen) atoms. The summed E-state index contributed by atoms with van der Waals surface area (Å²) in [7, 11) is 0. The predicted octanol–water partition coefficient (Wildman–Crippen LogP) is 3.23. The fourth-order valence-electron chi connectivity index (χ4n) is 1.32. The lowest BCUT2D eigenvalue weighted by atomic mass is 10.3. The van der Waals surface area contributed by atoms with Gasteiger partial charge >= 0.3 is 0 Å². The molecule has 0 aliphatic rings. The molecule has 0 saturated heterocycles. The van der Waals surface area contributed by atoms with Gasteiger partial charge in [-0.05, 0) is 24.3 Å². The van der Waals surface area contributed by atoms with E-state index in [9.17, 15) is 8.78 Å². The van der Waals surface area contributed by atoms with Crippen LogP contribution in [0.25, 0.3) is 0 Å². The fraction of sp³-hybridized carbons (Fsp3) is 0.0833. The lowest BCUT2D eigenvalue weighted by Crippen LogP contribution is -1.95. The highest BCUT2D eigenvalue weighted by Gasteiger charge is 2.06. The zero-order chi connectivity index (χ0) is 12.3. The number of nitrogens with zero attached hydrogens (tertiary/aromatic N) is 1.